The van der Waals surface area contributed by atoms with Crippen LogP contribution >= 0.6 is 0 Å². The van der Waals surface area contributed by atoms with E-state index in [-0.39, 0.29) is 6.42 Å². The molecule has 2 atom stereocenters. The van der Waals surface area contributed by atoms with Gasteiger partial charge in [0.15, 0.2) is 0 Å². The van der Waals surface area contributed by atoms with Crippen molar-refractivity contribution >= 4 is 5.97 Å². The van der Waals surface area contributed by atoms with Gasteiger partial charge in [-0.2, -0.15) is 5.26 Å². The number of hydrogen-bond donors (Lipinski definition) is 2. The molecule has 16 heavy (non-hydrogen) atoms. The van der Waals surface area contributed by atoms with Crippen molar-refractivity contribution < 1.29 is 9.90 Å². The lowest BCUT2D eigenvalue weighted by Gasteiger charge is -2.17. The summed E-state index contributed by atoms with van der Waals surface area (Å²) in [6, 6.07) is 10.6. The van der Waals surface area contributed by atoms with Gasteiger partial charge in [-0.25, -0.2) is 0 Å². The molecule has 0 bridgehead atoms. The van der Waals surface area contributed by atoms with Gasteiger partial charge in [0.1, 0.15) is 0 Å². The number of hydrogen-bond acceptors (Lipinski definition) is 3. The standard InChI is InChI=1S/C12H14N2O2/c13-7-6-11(14)10(12(15)16)8-9-4-2-1-3-5-9/h1-5,10-11H,6,8,14H2,(H,15,16)/t10?,11-/m0/s1. The summed E-state index contributed by atoms with van der Waals surface area (Å²) in [4.78, 5) is 11.0. The van der Waals surface area contributed by atoms with Gasteiger partial charge in [-0.3, -0.25) is 4.79 Å². The van der Waals surface area contributed by atoms with Gasteiger partial charge >= 0.3 is 5.97 Å². The summed E-state index contributed by atoms with van der Waals surface area (Å²) in [7, 11) is 0. The fourth-order valence-corrected chi connectivity index (χ4v) is 1.54. The predicted octanol–water partition coefficient (Wildman–Crippen LogP) is 1.17. The highest BCUT2D eigenvalue weighted by atomic mass is 16.4. The van der Waals surface area contributed by atoms with E-state index in [1.54, 1.807) is 0 Å². The molecule has 1 aromatic carbocycles. The van der Waals surface area contributed by atoms with E-state index in [1.807, 2.05) is 36.4 Å². The van der Waals surface area contributed by atoms with E-state index in [2.05, 4.69) is 0 Å². The lowest BCUT2D eigenvalue weighted by atomic mass is 9.91. The first kappa shape index (κ1) is 12.2. The predicted molar refractivity (Wildman–Crippen MR) is 59.5 cm³/mol. The SMILES string of the molecule is N#CC[C@H](N)C(Cc1ccccc1)C(=O)O. The molecule has 3 N–H and O–H groups in total. The molecule has 1 rings (SSSR count). The van der Waals surface area contributed by atoms with Crippen LogP contribution in [0, 0.1) is 17.2 Å². The molecule has 4 heteroatoms. The van der Waals surface area contributed by atoms with Crippen molar-refractivity contribution in [3.8, 4) is 6.07 Å². The first-order chi connectivity index (χ1) is 7.65. The second kappa shape index (κ2) is 5.89. The average molecular weight is 218 g/mol. The van der Waals surface area contributed by atoms with Crippen LogP contribution in [0.15, 0.2) is 30.3 Å². The first-order valence-corrected chi connectivity index (χ1v) is 5.04. The summed E-state index contributed by atoms with van der Waals surface area (Å²) in [6.07, 6.45) is 0.419. The van der Waals surface area contributed by atoms with E-state index < -0.39 is 17.9 Å². The number of nitrogens with zero attached hydrogens (tertiary/aromatic N) is 1. The Balaban J connectivity index is 2.73. The Kier molecular flexibility index (Phi) is 4.49. The van der Waals surface area contributed by atoms with Crippen LogP contribution < -0.4 is 5.73 Å². The molecule has 0 aliphatic carbocycles. The van der Waals surface area contributed by atoms with Gasteiger partial charge in [0.2, 0.25) is 0 Å². The van der Waals surface area contributed by atoms with Crippen LogP contribution in [0.2, 0.25) is 0 Å². The minimum atomic E-state index is -0.952. The molecule has 0 saturated heterocycles. The van der Waals surface area contributed by atoms with E-state index in [0.717, 1.165) is 5.56 Å². The molecular formula is C12H14N2O2. The van der Waals surface area contributed by atoms with Gasteiger partial charge in [0.25, 0.3) is 0 Å². The molecule has 1 aromatic rings. The van der Waals surface area contributed by atoms with Gasteiger partial charge in [0, 0.05) is 6.04 Å². The molecular weight excluding hydrogens is 204 g/mol. The zero-order valence-corrected chi connectivity index (χ0v) is 8.84. The summed E-state index contributed by atoms with van der Waals surface area (Å²) in [5.41, 5.74) is 6.59. The number of carbonyl (C=O) groups is 1. The van der Waals surface area contributed by atoms with Gasteiger partial charge < -0.3 is 10.8 Å². The van der Waals surface area contributed by atoms with Crippen LogP contribution in [0.4, 0.5) is 0 Å². The van der Waals surface area contributed by atoms with Crippen LogP contribution in [0.3, 0.4) is 0 Å². The van der Waals surface area contributed by atoms with E-state index in [0.29, 0.717) is 6.42 Å². The first-order valence-electron chi connectivity index (χ1n) is 5.04. The number of carboxylic acids is 1. The molecule has 0 spiro atoms. The Morgan fingerprint density at radius 3 is 2.56 bits per heavy atom. The number of nitrogens with two attached hydrogens (primary N) is 1. The van der Waals surface area contributed by atoms with Crippen LogP contribution in [-0.4, -0.2) is 17.1 Å². The molecule has 0 heterocycles. The molecule has 0 amide bonds. The smallest absolute Gasteiger partial charge is 0.308 e. The minimum absolute atomic E-state index is 0.0593. The zero-order chi connectivity index (χ0) is 12.0. The number of nitriles is 1. The van der Waals surface area contributed by atoms with E-state index in [1.165, 1.54) is 0 Å². The highest BCUT2D eigenvalue weighted by Gasteiger charge is 2.25. The maximum absolute atomic E-state index is 11.0. The summed E-state index contributed by atoms with van der Waals surface area (Å²) in [6.45, 7) is 0. The van der Waals surface area contributed by atoms with Crippen molar-refractivity contribution in [3.05, 3.63) is 35.9 Å². The minimum Gasteiger partial charge on any atom is -0.481 e. The van der Waals surface area contributed by atoms with Crippen molar-refractivity contribution in [1.29, 1.82) is 5.26 Å². The third-order valence-corrected chi connectivity index (χ3v) is 2.46. The van der Waals surface area contributed by atoms with Crippen molar-refractivity contribution in [2.45, 2.75) is 18.9 Å². The number of benzene rings is 1. The topological polar surface area (TPSA) is 87.1 Å². The summed E-state index contributed by atoms with van der Waals surface area (Å²) in [5, 5.41) is 17.6. The van der Waals surface area contributed by atoms with Gasteiger partial charge in [-0.05, 0) is 12.0 Å². The normalized spacial score (nSPS) is 13.8. The summed E-state index contributed by atoms with van der Waals surface area (Å²) in [5.74, 6) is -1.66. The Morgan fingerprint density at radius 2 is 2.06 bits per heavy atom. The maximum atomic E-state index is 11.0. The molecule has 0 saturated carbocycles. The quantitative estimate of drug-likeness (QED) is 0.776. The van der Waals surface area contributed by atoms with E-state index >= 15 is 0 Å². The number of rotatable bonds is 5. The maximum Gasteiger partial charge on any atom is 0.308 e. The van der Waals surface area contributed by atoms with Crippen LogP contribution in [0.5, 0.6) is 0 Å². The van der Waals surface area contributed by atoms with Crippen molar-refractivity contribution in [2.24, 2.45) is 11.7 Å². The lowest BCUT2D eigenvalue weighted by molar-refractivity contribution is -0.142. The second-order valence-corrected chi connectivity index (χ2v) is 3.66. The molecule has 0 aromatic heterocycles. The highest BCUT2D eigenvalue weighted by Crippen LogP contribution is 2.13. The van der Waals surface area contributed by atoms with Crippen LogP contribution in [0.25, 0.3) is 0 Å². The Morgan fingerprint density at radius 1 is 1.44 bits per heavy atom. The lowest BCUT2D eigenvalue weighted by Crippen LogP contribution is -2.36. The van der Waals surface area contributed by atoms with E-state index in [4.69, 9.17) is 16.1 Å². The molecule has 0 aliphatic rings. The third kappa shape index (κ3) is 3.37. The average Bonchev–Trinajstić information content (AvgIpc) is 2.27. The van der Waals surface area contributed by atoms with Crippen LogP contribution in [0.1, 0.15) is 12.0 Å². The fraction of sp³-hybridized carbons (Fsp3) is 0.333. The Labute approximate surface area is 94.3 Å². The Bertz CT molecular complexity index is 384. The summed E-state index contributed by atoms with van der Waals surface area (Å²) < 4.78 is 0. The number of carboxylic acid groups (broad SMARTS) is 1. The number of aliphatic carboxylic acids is 1. The fourth-order valence-electron chi connectivity index (χ4n) is 1.54. The molecule has 0 radical (unpaired) electrons. The monoisotopic (exact) mass is 218 g/mol. The largest absolute Gasteiger partial charge is 0.481 e. The highest BCUT2D eigenvalue weighted by molar-refractivity contribution is 5.71. The van der Waals surface area contributed by atoms with Crippen molar-refractivity contribution in [2.75, 3.05) is 0 Å². The van der Waals surface area contributed by atoms with Gasteiger partial charge in [-0.15, -0.1) is 0 Å². The van der Waals surface area contributed by atoms with Gasteiger partial charge in [0.05, 0.1) is 18.4 Å². The molecule has 4 nitrogen and oxygen atoms in total. The Hall–Kier alpha value is -1.86. The zero-order valence-electron chi connectivity index (χ0n) is 8.84. The van der Waals surface area contributed by atoms with Crippen LogP contribution in [-0.2, 0) is 11.2 Å². The second-order valence-electron chi connectivity index (χ2n) is 3.66. The molecule has 0 aliphatic heterocycles. The summed E-state index contributed by atoms with van der Waals surface area (Å²) >= 11 is 0. The van der Waals surface area contributed by atoms with Crippen molar-refractivity contribution in [3.63, 3.8) is 0 Å². The molecule has 1 unspecified atom stereocenters. The third-order valence-electron chi connectivity index (χ3n) is 2.46. The van der Waals surface area contributed by atoms with E-state index in [9.17, 15) is 4.79 Å². The molecule has 0 fully saturated rings. The van der Waals surface area contributed by atoms with Crippen molar-refractivity contribution in [1.82, 2.24) is 0 Å². The van der Waals surface area contributed by atoms with Gasteiger partial charge in [-0.1, -0.05) is 30.3 Å². The molecule has 84 valence electrons.